The number of nitrogens with two attached hydrogens (primary N) is 1. The second-order valence-electron chi connectivity index (χ2n) is 4.13. The molecule has 0 atom stereocenters. The Hall–Kier alpha value is -0.570. The minimum absolute atomic E-state index is 0.187. The molecular weight excluding hydrogens is 164 g/mol. The Balaban J connectivity index is 3.45. The fourth-order valence-electron chi connectivity index (χ4n) is 1.40. The first kappa shape index (κ1) is 12.4. The highest BCUT2D eigenvalue weighted by Gasteiger charge is 2.14. The normalized spacial score (nSPS) is 11.6. The number of carbonyl (C=O) groups is 1. The maximum atomic E-state index is 10.4. The minimum Gasteiger partial charge on any atom is -0.370 e. The Labute approximate surface area is 81.1 Å². The molecule has 0 unspecified atom stereocenters. The van der Waals surface area contributed by atoms with Crippen LogP contribution in [0.1, 0.15) is 46.5 Å². The zero-order valence-electron chi connectivity index (χ0n) is 9.02. The summed E-state index contributed by atoms with van der Waals surface area (Å²) in [6.45, 7) is 7.41. The predicted molar refractivity (Wildman–Crippen MR) is 55.4 cm³/mol. The van der Waals surface area contributed by atoms with Crippen LogP contribution in [-0.4, -0.2) is 18.0 Å². The van der Waals surface area contributed by atoms with Crippen LogP contribution in [0.5, 0.6) is 0 Å². The fraction of sp³-hybridized carbons (Fsp3) is 0.900. The SMILES string of the molecule is CCCC(C)(C)NCCCC(N)=O. The second kappa shape index (κ2) is 5.97. The lowest BCUT2D eigenvalue weighted by molar-refractivity contribution is -0.118. The van der Waals surface area contributed by atoms with Crippen molar-refractivity contribution in [1.29, 1.82) is 0 Å². The molecule has 0 aliphatic rings. The fourth-order valence-corrected chi connectivity index (χ4v) is 1.40. The predicted octanol–water partition coefficient (Wildman–Crippen LogP) is 1.42. The van der Waals surface area contributed by atoms with Gasteiger partial charge in [-0.25, -0.2) is 0 Å². The Kier molecular flexibility index (Phi) is 5.71. The molecular formula is C10H22N2O. The Morgan fingerprint density at radius 3 is 2.54 bits per heavy atom. The topological polar surface area (TPSA) is 55.1 Å². The zero-order valence-corrected chi connectivity index (χ0v) is 9.02. The molecule has 0 spiro atoms. The highest BCUT2D eigenvalue weighted by molar-refractivity contribution is 5.73. The van der Waals surface area contributed by atoms with Crippen molar-refractivity contribution >= 4 is 5.91 Å². The lowest BCUT2D eigenvalue weighted by atomic mass is 9.99. The average molecular weight is 186 g/mol. The molecule has 0 aromatic carbocycles. The van der Waals surface area contributed by atoms with Crippen molar-refractivity contribution in [1.82, 2.24) is 5.32 Å². The molecule has 0 saturated carbocycles. The van der Waals surface area contributed by atoms with Gasteiger partial charge in [0.25, 0.3) is 0 Å². The number of rotatable bonds is 7. The van der Waals surface area contributed by atoms with E-state index in [4.69, 9.17) is 5.73 Å². The molecule has 0 aliphatic carbocycles. The van der Waals surface area contributed by atoms with E-state index in [9.17, 15) is 4.79 Å². The molecule has 0 heterocycles. The summed E-state index contributed by atoms with van der Waals surface area (Å²) in [6, 6.07) is 0. The molecule has 0 fully saturated rings. The van der Waals surface area contributed by atoms with Crippen molar-refractivity contribution in [3.63, 3.8) is 0 Å². The number of amides is 1. The second-order valence-corrected chi connectivity index (χ2v) is 4.13. The van der Waals surface area contributed by atoms with E-state index in [0.29, 0.717) is 6.42 Å². The molecule has 78 valence electrons. The van der Waals surface area contributed by atoms with Crippen molar-refractivity contribution in [2.45, 2.75) is 52.0 Å². The van der Waals surface area contributed by atoms with Crippen LogP contribution in [0, 0.1) is 0 Å². The van der Waals surface area contributed by atoms with E-state index in [1.165, 1.54) is 6.42 Å². The van der Waals surface area contributed by atoms with Crippen molar-refractivity contribution in [3.8, 4) is 0 Å². The molecule has 0 radical (unpaired) electrons. The third kappa shape index (κ3) is 7.78. The van der Waals surface area contributed by atoms with Crippen LogP contribution in [0.15, 0.2) is 0 Å². The zero-order chi connectivity index (χ0) is 10.3. The van der Waals surface area contributed by atoms with E-state index < -0.39 is 0 Å². The van der Waals surface area contributed by atoms with Crippen molar-refractivity contribution < 1.29 is 4.79 Å². The average Bonchev–Trinajstić information content (AvgIpc) is 1.98. The Morgan fingerprint density at radius 2 is 2.08 bits per heavy atom. The van der Waals surface area contributed by atoms with Gasteiger partial charge >= 0.3 is 0 Å². The summed E-state index contributed by atoms with van der Waals surface area (Å²) in [4.78, 5) is 10.4. The molecule has 0 bridgehead atoms. The van der Waals surface area contributed by atoms with Gasteiger partial charge in [-0.2, -0.15) is 0 Å². The molecule has 0 aliphatic heterocycles. The van der Waals surface area contributed by atoms with Crippen LogP contribution in [0.25, 0.3) is 0 Å². The molecule has 0 aromatic heterocycles. The molecule has 0 aromatic rings. The molecule has 3 nitrogen and oxygen atoms in total. The van der Waals surface area contributed by atoms with E-state index in [1.807, 2.05) is 0 Å². The van der Waals surface area contributed by atoms with Crippen LogP contribution in [0.2, 0.25) is 0 Å². The summed E-state index contributed by atoms with van der Waals surface area (Å²) in [5.41, 5.74) is 5.22. The van der Waals surface area contributed by atoms with Gasteiger partial charge in [-0.05, 0) is 33.2 Å². The van der Waals surface area contributed by atoms with Gasteiger partial charge in [0, 0.05) is 12.0 Å². The lowest BCUT2D eigenvalue weighted by Crippen LogP contribution is -2.39. The van der Waals surface area contributed by atoms with Crippen molar-refractivity contribution in [3.05, 3.63) is 0 Å². The summed E-state index contributed by atoms with van der Waals surface area (Å²) in [5.74, 6) is -0.213. The summed E-state index contributed by atoms with van der Waals surface area (Å²) < 4.78 is 0. The van der Waals surface area contributed by atoms with E-state index in [0.717, 1.165) is 19.4 Å². The largest absolute Gasteiger partial charge is 0.370 e. The maximum absolute atomic E-state index is 10.4. The Morgan fingerprint density at radius 1 is 1.46 bits per heavy atom. The van der Waals surface area contributed by atoms with E-state index in [-0.39, 0.29) is 11.4 Å². The molecule has 3 heteroatoms. The highest BCUT2D eigenvalue weighted by atomic mass is 16.1. The van der Waals surface area contributed by atoms with Gasteiger partial charge in [0.05, 0.1) is 0 Å². The minimum atomic E-state index is -0.213. The third-order valence-corrected chi connectivity index (χ3v) is 2.08. The van der Waals surface area contributed by atoms with E-state index >= 15 is 0 Å². The number of hydrogen-bond donors (Lipinski definition) is 2. The van der Waals surface area contributed by atoms with Crippen LogP contribution >= 0.6 is 0 Å². The number of nitrogens with one attached hydrogen (secondary N) is 1. The summed E-state index contributed by atoms with van der Waals surface area (Å²) in [5, 5.41) is 3.41. The standard InChI is InChI=1S/C10H22N2O/c1-4-7-10(2,3)12-8-5-6-9(11)13/h12H,4-8H2,1-3H3,(H2,11,13). The molecule has 0 rings (SSSR count). The van der Waals surface area contributed by atoms with Gasteiger partial charge in [-0.1, -0.05) is 13.3 Å². The summed E-state index contributed by atoms with van der Waals surface area (Å²) >= 11 is 0. The maximum Gasteiger partial charge on any atom is 0.217 e. The Bertz CT molecular complexity index is 155. The number of hydrogen-bond acceptors (Lipinski definition) is 2. The summed E-state index contributed by atoms with van der Waals surface area (Å²) in [7, 11) is 0. The quantitative estimate of drug-likeness (QED) is 0.591. The van der Waals surface area contributed by atoms with Gasteiger partial charge < -0.3 is 11.1 Å². The summed E-state index contributed by atoms with van der Waals surface area (Å²) in [6.07, 6.45) is 3.65. The molecule has 13 heavy (non-hydrogen) atoms. The highest BCUT2D eigenvalue weighted by Crippen LogP contribution is 2.10. The van der Waals surface area contributed by atoms with Crippen LogP contribution in [-0.2, 0) is 4.79 Å². The van der Waals surface area contributed by atoms with Crippen molar-refractivity contribution in [2.75, 3.05) is 6.54 Å². The van der Waals surface area contributed by atoms with E-state index in [1.54, 1.807) is 0 Å². The first-order valence-corrected chi connectivity index (χ1v) is 5.01. The monoisotopic (exact) mass is 186 g/mol. The van der Waals surface area contributed by atoms with Gasteiger partial charge in [-0.15, -0.1) is 0 Å². The smallest absolute Gasteiger partial charge is 0.217 e. The number of primary amides is 1. The van der Waals surface area contributed by atoms with Gasteiger partial charge in [0.1, 0.15) is 0 Å². The van der Waals surface area contributed by atoms with Crippen LogP contribution in [0.4, 0.5) is 0 Å². The van der Waals surface area contributed by atoms with Gasteiger partial charge in [0.15, 0.2) is 0 Å². The first-order chi connectivity index (χ1) is 5.98. The third-order valence-electron chi connectivity index (χ3n) is 2.08. The van der Waals surface area contributed by atoms with E-state index in [2.05, 4.69) is 26.1 Å². The first-order valence-electron chi connectivity index (χ1n) is 5.01. The van der Waals surface area contributed by atoms with Crippen LogP contribution < -0.4 is 11.1 Å². The number of carbonyl (C=O) groups excluding carboxylic acids is 1. The lowest BCUT2D eigenvalue weighted by Gasteiger charge is -2.25. The molecule has 0 saturated heterocycles. The molecule has 1 amide bonds. The molecule has 3 N–H and O–H groups in total. The van der Waals surface area contributed by atoms with Gasteiger partial charge in [-0.3, -0.25) is 4.79 Å². The van der Waals surface area contributed by atoms with Crippen molar-refractivity contribution in [2.24, 2.45) is 5.73 Å². The van der Waals surface area contributed by atoms with Crippen LogP contribution in [0.3, 0.4) is 0 Å². The van der Waals surface area contributed by atoms with Gasteiger partial charge in [0.2, 0.25) is 5.91 Å².